The van der Waals surface area contributed by atoms with Gasteiger partial charge in [-0.1, -0.05) is 12.1 Å². The molecule has 7 heteroatoms. The number of nitrogens with zero attached hydrogens (tertiary/aromatic N) is 4. The molecule has 0 bridgehead atoms. The number of carbonyl (C=O) groups excluding carboxylic acids is 1. The number of hydrogen-bond donors (Lipinski definition) is 0. The van der Waals surface area contributed by atoms with Crippen LogP contribution < -0.4 is 14.4 Å². The monoisotopic (exact) mass is 396 g/mol. The standard InChI is InChI=1S/C22H28N4O3/c1-28-18-6-3-5-17(11-18)12-21(27)26-10-8-22(15-26)7-4-9-25(14-22)19-13-20(29-2)24-16-23-19/h3,5-6,11,13,16H,4,7-10,12,14-15H2,1-2H3. The topological polar surface area (TPSA) is 67.8 Å². The van der Waals surface area contributed by atoms with E-state index in [1.54, 1.807) is 20.5 Å². The zero-order chi connectivity index (χ0) is 20.3. The molecule has 1 aromatic heterocycles. The number of ether oxygens (including phenoxy) is 2. The van der Waals surface area contributed by atoms with Crippen LogP contribution in [0, 0.1) is 5.41 Å². The average molecular weight is 396 g/mol. The van der Waals surface area contributed by atoms with Crippen LogP contribution in [0.4, 0.5) is 5.82 Å². The van der Waals surface area contributed by atoms with Gasteiger partial charge in [-0.05, 0) is 37.0 Å². The van der Waals surface area contributed by atoms with Crippen LogP contribution in [0.2, 0.25) is 0 Å². The molecule has 29 heavy (non-hydrogen) atoms. The van der Waals surface area contributed by atoms with Crippen molar-refractivity contribution in [3.63, 3.8) is 0 Å². The summed E-state index contributed by atoms with van der Waals surface area (Å²) in [6.45, 7) is 3.52. The number of hydrogen-bond acceptors (Lipinski definition) is 6. The van der Waals surface area contributed by atoms with Crippen LogP contribution >= 0.6 is 0 Å². The Hall–Kier alpha value is -2.83. The molecule has 2 aliphatic heterocycles. The molecule has 0 aliphatic carbocycles. The first-order valence-electron chi connectivity index (χ1n) is 10.1. The quantitative estimate of drug-likeness (QED) is 0.774. The fourth-order valence-corrected chi connectivity index (χ4v) is 4.57. The zero-order valence-corrected chi connectivity index (χ0v) is 17.1. The first kappa shape index (κ1) is 19.5. The maximum atomic E-state index is 12.9. The Bertz CT molecular complexity index is 875. The van der Waals surface area contributed by atoms with Crippen molar-refractivity contribution in [2.75, 3.05) is 45.3 Å². The van der Waals surface area contributed by atoms with Crippen LogP contribution in [0.1, 0.15) is 24.8 Å². The molecule has 7 nitrogen and oxygen atoms in total. The van der Waals surface area contributed by atoms with Gasteiger partial charge in [0.25, 0.3) is 0 Å². The van der Waals surface area contributed by atoms with Crippen LogP contribution in [-0.2, 0) is 11.2 Å². The Balaban J connectivity index is 1.41. The second-order valence-corrected chi connectivity index (χ2v) is 8.04. The van der Waals surface area contributed by atoms with Gasteiger partial charge in [0.2, 0.25) is 11.8 Å². The Kier molecular flexibility index (Phi) is 5.56. The van der Waals surface area contributed by atoms with E-state index >= 15 is 0 Å². The Morgan fingerprint density at radius 1 is 1.10 bits per heavy atom. The van der Waals surface area contributed by atoms with Crippen molar-refractivity contribution < 1.29 is 14.3 Å². The normalized spacial score (nSPS) is 21.4. The van der Waals surface area contributed by atoms with Crippen LogP contribution in [0.5, 0.6) is 11.6 Å². The molecule has 0 radical (unpaired) electrons. The molecule has 154 valence electrons. The summed E-state index contributed by atoms with van der Waals surface area (Å²) in [5.74, 6) is 2.46. The molecule has 2 fully saturated rings. The lowest BCUT2D eigenvalue weighted by molar-refractivity contribution is -0.129. The molecule has 2 aliphatic rings. The van der Waals surface area contributed by atoms with Gasteiger partial charge in [-0.25, -0.2) is 9.97 Å². The summed E-state index contributed by atoms with van der Waals surface area (Å²) in [6, 6.07) is 9.64. The molecule has 2 saturated heterocycles. The minimum absolute atomic E-state index is 0.139. The highest BCUT2D eigenvalue weighted by Gasteiger charge is 2.43. The van der Waals surface area contributed by atoms with Gasteiger partial charge >= 0.3 is 0 Å². The molecule has 4 rings (SSSR count). The molecule has 3 heterocycles. The molecule has 1 aromatic carbocycles. The highest BCUT2D eigenvalue weighted by atomic mass is 16.5. The number of anilines is 1. The number of likely N-dealkylation sites (tertiary alicyclic amines) is 1. The highest BCUT2D eigenvalue weighted by Crippen LogP contribution is 2.40. The summed E-state index contributed by atoms with van der Waals surface area (Å²) in [7, 11) is 3.26. The molecule has 1 unspecified atom stereocenters. The SMILES string of the molecule is COc1cccc(CC(=O)N2CCC3(CCCN(c4cc(OC)ncn4)C3)C2)c1. The number of amides is 1. The van der Waals surface area contributed by atoms with Gasteiger partial charge in [-0.15, -0.1) is 0 Å². The Morgan fingerprint density at radius 3 is 2.83 bits per heavy atom. The highest BCUT2D eigenvalue weighted by molar-refractivity contribution is 5.79. The van der Waals surface area contributed by atoms with E-state index in [2.05, 4.69) is 14.9 Å². The molecule has 1 spiro atoms. The van der Waals surface area contributed by atoms with E-state index in [0.717, 1.165) is 62.6 Å². The summed E-state index contributed by atoms with van der Waals surface area (Å²) >= 11 is 0. The predicted molar refractivity (Wildman–Crippen MR) is 110 cm³/mol. The van der Waals surface area contributed by atoms with Gasteiger partial charge in [-0.3, -0.25) is 4.79 Å². The van der Waals surface area contributed by atoms with E-state index in [1.807, 2.05) is 35.2 Å². The van der Waals surface area contributed by atoms with Crippen LogP contribution in [0.3, 0.4) is 0 Å². The van der Waals surface area contributed by atoms with Gasteiger partial charge in [0.05, 0.1) is 20.6 Å². The predicted octanol–water partition coefficient (Wildman–Crippen LogP) is 2.56. The smallest absolute Gasteiger partial charge is 0.227 e. The van der Waals surface area contributed by atoms with Crippen LogP contribution in [-0.4, -0.2) is 61.2 Å². The third-order valence-corrected chi connectivity index (χ3v) is 6.10. The van der Waals surface area contributed by atoms with E-state index in [4.69, 9.17) is 9.47 Å². The number of benzene rings is 1. The molecule has 0 N–H and O–H groups in total. The van der Waals surface area contributed by atoms with Crippen molar-refractivity contribution >= 4 is 11.7 Å². The lowest BCUT2D eigenvalue weighted by atomic mass is 9.79. The zero-order valence-electron chi connectivity index (χ0n) is 17.1. The molecular formula is C22H28N4O3. The van der Waals surface area contributed by atoms with Crippen molar-refractivity contribution in [1.82, 2.24) is 14.9 Å². The maximum absolute atomic E-state index is 12.9. The molecule has 1 atom stereocenters. The third kappa shape index (κ3) is 4.28. The summed E-state index contributed by atoms with van der Waals surface area (Å²) < 4.78 is 10.5. The molecule has 2 aromatic rings. The first-order chi connectivity index (χ1) is 14.1. The van der Waals surface area contributed by atoms with E-state index in [-0.39, 0.29) is 11.3 Å². The minimum Gasteiger partial charge on any atom is -0.497 e. The number of methoxy groups -OCH3 is 2. The van der Waals surface area contributed by atoms with Gasteiger partial charge in [0, 0.05) is 37.7 Å². The fraction of sp³-hybridized carbons (Fsp3) is 0.500. The molecule has 1 amide bonds. The lowest BCUT2D eigenvalue weighted by Gasteiger charge is -2.41. The molecule has 0 saturated carbocycles. The van der Waals surface area contributed by atoms with Gasteiger partial charge in [-0.2, -0.15) is 0 Å². The minimum atomic E-state index is 0.139. The van der Waals surface area contributed by atoms with Crippen molar-refractivity contribution in [2.24, 2.45) is 5.41 Å². The Morgan fingerprint density at radius 2 is 2.00 bits per heavy atom. The van der Waals surface area contributed by atoms with Gasteiger partial charge < -0.3 is 19.3 Å². The van der Waals surface area contributed by atoms with Crippen molar-refractivity contribution in [2.45, 2.75) is 25.7 Å². The van der Waals surface area contributed by atoms with Gasteiger partial charge in [0.1, 0.15) is 17.9 Å². The first-order valence-corrected chi connectivity index (χ1v) is 10.1. The maximum Gasteiger partial charge on any atom is 0.227 e. The number of aromatic nitrogens is 2. The summed E-state index contributed by atoms with van der Waals surface area (Å²) in [6.07, 6.45) is 5.25. The summed E-state index contributed by atoms with van der Waals surface area (Å²) in [5.41, 5.74) is 1.13. The van der Waals surface area contributed by atoms with E-state index in [9.17, 15) is 4.79 Å². The number of carbonyl (C=O) groups is 1. The van der Waals surface area contributed by atoms with Crippen molar-refractivity contribution in [1.29, 1.82) is 0 Å². The van der Waals surface area contributed by atoms with Gasteiger partial charge in [0.15, 0.2) is 0 Å². The lowest BCUT2D eigenvalue weighted by Crippen LogP contribution is -2.46. The second-order valence-electron chi connectivity index (χ2n) is 8.04. The van der Waals surface area contributed by atoms with Crippen LogP contribution in [0.25, 0.3) is 0 Å². The largest absolute Gasteiger partial charge is 0.497 e. The van der Waals surface area contributed by atoms with Crippen LogP contribution in [0.15, 0.2) is 36.7 Å². The van der Waals surface area contributed by atoms with E-state index < -0.39 is 0 Å². The summed E-state index contributed by atoms with van der Waals surface area (Å²) in [5, 5.41) is 0. The third-order valence-electron chi connectivity index (χ3n) is 6.10. The van der Waals surface area contributed by atoms with Crippen molar-refractivity contribution in [3.05, 3.63) is 42.2 Å². The average Bonchev–Trinajstić information content (AvgIpc) is 3.17. The van der Waals surface area contributed by atoms with E-state index in [0.29, 0.717) is 12.3 Å². The number of piperidine rings is 1. The molecular weight excluding hydrogens is 368 g/mol. The van der Waals surface area contributed by atoms with Crippen molar-refractivity contribution in [3.8, 4) is 11.6 Å². The fourth-order valence-electron chi connectivity index (χ4n) is 4.57. The Labute approximate surface area is 171 Å². The number of rotatable bonds is 5. The summed E-state index contributed by atoms with van der Waals surface area (Å²) in [4.78, 5) is 25.8. The second kappa shape index (κ2) is 8.27. The van der Waals surface area contributed by atoms with E-state index in [1.165, 1.54) is 0 Å².